The summed E-state index contributed by atoms with van der Waals surface area (Å²) >= 11 is 0. The van der Waals surface area contributed by atoms with Crippen LogP contribution >= 0.6 is 0 Å². The summed E-state index contributed by atoms with van der Waals surface area (Å²) in [6.45, 7) is 4.33. The average molecular weight is 302 g/mol. The van der Waals surface area contributed by atoms with E-state index in [1.807, 2.05) is 6.92 Å². The molecule has 2 fully saturated rings. The predicted molar refractivity (Wildman–Crippen MR) is 90.2 cm³/mol. The van der Waals surface area contributed by atoms with Gasteiger partial charge in [0.1, 0.15) is 11.9 Å². The molecule has 1 saturated heterocycles. The SMILES string of the molecule is CCCCCC1CCC(c2ccc(OC3OC3C)cc2)CC1. The molecule has 1 aromatic rings. The summed E-state index contributed by atoms with van der Waals surface area (Å²) in [5, 5.41) is 0. The van der Waals surface area contributed by atoms with Crippen LogP contribution in [0.3, 0.4) is 0 Å². The lowest BCUT2D eigenvalue weighted by atomic mass is 9.77. The van der Waals surface area contributed by atoms with Crippen molar-refractivity contribution in [2.45, 2.75) is 83.5 Å². The van der Waals surface area contributed by atoms with E-state index < -0.39 is 0 Å². The second-order valence-corrected chi connectivity index (χ2v) is 7.11. The van der Waals surface area contributed by atoms with E-state index in [0.717, 1.165) is 17.6 Å². The molecule has 1 heterocycles. The molecule has 2 heteroatoms. The van der Waals surface area contributed by atoms with Gasteiger partial charge in [0, 0.05) is 0 Å². The van der Waals surface area contributed by atoms with Crippen molar-refractivity contribution in [1.29, 1.82) is 0 Å². The lowest BCUT2D eigenvalue weighted by molar-refractivity contribution is 0.178. The molecule has 2 atom stereocenters. The monoisotopic (exact) mass is 302 g/mol. The first-order chi connectivity index (χ1) is 10.8. The highest BCUT2D eigenvalue weighted by Gasteiger charge is 2.36. The molecule has 1 aliphatic carbocycles. The van der Waals surface area contributed by atoms with Gasteiger partial charge in [-0.3, -0.25) is 0 Å². The normalized spacial score (nSPS) is 31.0. The lowest BCUT2D eigenvalue weighted by Gasteiger charge is -2.29. The van der Waals surface area contributed by atoms with E-state index in [-0.39, 0.29) is 12.4 Å². The minimum atomic E-state index is -0.0237. The standard InChI is InChI=1S/C20H30O2/c1-3-4-5-6-16-7-9-17(10-8-16)18-11-13-19(14-12-18)22-20-15(2)21-20/h11-17,20H,3-10H2,1-2H3. The second kappa shape index (κ2) is 7.50. The van der Waals surface area contributed by atoms with E-state index in [0.29, 0.717) is 0 Å². The molecule has 1 aliphatic heterocycles. The highest BCUT2D eigenvalue weighted by atomic mass is 16.8. The Labute approximate surface area is 135 Å². The number of epoxide rings is 1. The molecule has 122 valence electrons. The largest absolute Gasteiger partial charge is 0.462 e. The van der Waals surface area contributed by atoms with E-state index in [9.17, 15) is 0 Å². The fraction of sp³-hybridized carbons (Fsp3) is 0.700. The molecule has 2 nitrogen and oxygen atoms in total. The zero-order chi connectivity index (χ0) is 15.4. The van der Waals surface area contributed by atoms with Gasteiger partial charge in [0.15, 0.2) is 0 Å². The van der Waals surface area contributed by atoms with Crippen LogP contribution in [0.4, 0.5) is 0 Å². The minimum Gasteiger partial charge on any atom is -0.462 e. The third kappa shape index (κ3) is 4.25. The Kier molecular flexibility index (Phi) is 5.41. The number of benzene rings is 1. The molecule has 0 radical (unpaired) electrons. The van der Waals surface area contributed by atoms with E-state index in [1.54, 1.807) is 0 Å². The molecule has 2 unspecified atom stereocenters. The maximum atomic E-state index is 5.73. The van der Waals surface area contributed by atoms with Crippen molar-refractivity contribution in [3.8, 4) is 5.75 Å². The van der Waals surface area contributed by atoms with Gasteiger partial charge >= 0.3 is 0 Å². The fourth-order valence-electron chi connectivity index (χ4n) is 3.71. The molecule has 1 saturated carbocycles. The highest BCUT2D eigenvalue weighted by molar-refractivity contribution is 5.30. The molecule has 2 aliphatic rings. The van der Waals surface area contributed by atoms with Gasteiger partial charge < -0.3 is 9.47 Å². The number of hydrogen-bond donors (Lipinski definition) is 0. The van der Waals surface area contributed by atoms with Gasteiger partial charge in [-0.1, -0.05) is 44.7 Å². The minimum absolute atomic E-state index is 0.0237. The van der Waals surface area contributed by atoms with Crippen LogP contribution in [-0.2, 0) is 4.74 Å². The molecule has 0 bridgehead atoms. The first kappa shape index (κ1) is 15.9. The zero-order valence-electron chi connectivity index (χ0n) is 14.1. The summed E-state index contributed by atoms with van der Waals surface area (Å²) < 4.78 is 11.0. The third-order valence-electron chi connectivity index (χ3n) is 5.32. The maximum absolute atomic E-state index is 5.73. The third-order valence-corrected chi connectivity index (χ3v) is 5.32. The molecule has 1 aromatic carbocycles. The second-order valence-electron chi connectivity index (χ2n) is 7.11. The summed E-state index contributed by atoms with van der Waals surface area (Å²) in [6, 6.07) is 8.73. The summed E-state index contributed by atoms with van der Waals surface area (Å²) in [5.74, 6) is 2.68. The van der Waals surface area contributed by atoms with Gasteiger partial charge in [-0.25, -0.2) is 0 Å². The topological polar surface area (TPSA) is 21.8 Å². The number of hydrogen-bond acceptors (Lipinski definition) is 2. The summed E-state index contributed by atoms with van der Waals surface area (Å²) in [5.41, 5.74) is 1.49. The van der Waals surface area contributed by atoms with Crippen LogP contribution in [-0.4, -0.2) is 12.4 Å². The van der Waals surface area contributed by atoms with Crippen molar-refractivity contribution >= 4 is 0 Å². The smallest absolute Gasteiger partial charge is 0.226 e. The van der Waals surface area contributed by atoms with E-state index in [1.165, 1.54) is 56.9 Å². The Bertz CT molecular complexity index is 445. The molecule has 0 amide bonds. The van der Waals surface area contributed by atoms with Gasteiger partial charge in [-0.15, -0.1) is 0 Å². The number of rotatable bonds is 7. The Balaban J connectivity index is 1.44. The maximum Gasteiger partial charge on any atom is 0.226 e. The van der Waals surface area contributed by atoms with Crippen LogP contribution in [0, 0.1) is 5.92 Å². The Morgan fingerprint density at radius 2 is 1.73 bits per heavy atom. The van der Waals surface area contributed by atoms with Crippen molar-refractivity contribution in [3.63, 3.8) is 0 Å². The molecule has 22 heavy (non-hydrogen) atoms. The van der Waals surface area contributed by atoms with Crippen LogP contribution in [0.1, 0.15) is 76.7 Å². The lowest BCUT2D eigenvalue weighted by Crippen LogP contribution is -2.13. The van der Waals surface area contributed by atoms with Gasteiger partial charge in [0.05, 0.1) is 0 Å². The molecule has 3 rings (SSSR count). The molecule has 0 spiro atoms. The number of unbranched alkanes of at least 4 members (excludes halogenated alkanes) is 2. The fourth-order valence-corrected chi connectivity index (χ4v) is 3.71. The van der Waals surface area contributed by atoms with Crippen LogP contribution in [0.15, 0.2) is 24.3 Å². The zero-order valence-corrected chi connectivity index (χ0v) is 14.1. The predicted octanol–water partition coefficient (Wildman–Crippen LogP) is 5.66. The first-order valence-corrected chi connectivity index (χ1v) is 9.18. The van der Waals surface area contributed by atoms with Crippen molar-refractivity contribution in [1.82, 2.24) is 0 Å². The highest BCUT2D eigenvalue weighted by Crippen LogP contribution is 2.38. The van der Waals surface area contributed by atoms with Crippen molar-refractivity contribution in [3.05, 3.63) is 29.8 Å². The summed E-state index contributed by atoms with van der Waals surface area (Å²) in [4.78, 5) is 0. The molecule has 0 N–H and O–H groups in total. The van der Waals surface area contributed by atoms with Crippen LogP contribution in [0.25, 0.3) is 0 Å². The number of ether oxygens (including phenoxy) is 2. The van der Waals surface area contributed by atoms with Gasteiger partial charge in [0.25, 0.3) is 0 Å². The average Bonchev–Trinajstić information content (AvgIpc) is 3.24. The van der Waals surface area contributed by atoms with Crippen molar-refractivity contribution < 1.29 is 9.47 Å². The molecular weight excluding hydrogens is 272 g/mol. The molecule has 0 aromatic heterocycles. The summed E-state index contributed by atoms with van der Waals surface area (Å²) in [6.07, 6.45) is 11.4. The Morgan fingerprint density at radius 3 is 2.32 bits per heavy atom. The van der Waals surface area contributed by atoms with Gasteiger partial charge in [0.2, 0.25) is 6.29 Å². The van der Waals surface area contributed by atoms with E-state index in [4.69, 9.17) is 9.47 Å². The molecular formula is C20H30O2. The van der Waals surface area contributed by atoms with Crippen LogP contribution in [0.2, 0.25) is 0 Å². The first-order valence-electron chi connectivity index (χ1n) is 9.18. The van der Waals surface area contributed by atoms with E-state index in [2.05, 4.69) is 31.2 Å². The van der Waals surface area contributed by atoms with Crippen molar-refractivity contribution in [2.24, 2.45) is 5.92 Å². The van der Waals surface area contributed by atoms with Gasteiger partial charge in [-0.2, -0.15) is 0 Å². The summed E-state index contributed by atoms with van der Waals surface area (Å²) in [7, 11) is 0. The van der Waals surface area contributed by atoms with E-state index >= 15 is 0 Å². The van der Waals surface area contributed by atoms with Gasteiger partial charge in [-0.05, 0) is 62.1 Å². The Morgan fingerprint density at radius 1 is 1.05 bits per heavy atom. The van der Waals surface area contributed by atoms with Crippen LogP contribution in [0.5, 0.6) is 5.75 Å². The van der Waals surface area contributed by atoms with Crippen LogP contribution < -0.4 is 4.74 Å². The van der Waals surface area contributed by atoms with Crippen molar-refractivity contribution in [2.75, 3.05) is 0 Å². The Hall–Kier alpha value is -1.02. The quantitative estimate of drug-likeness (QED) is 0.478.